The summed E-state index contributed by atoms with van der Waals surface area (Å²) in [6, 6.07) is 7.08. The van der Waals surface area contributed by atoms with E-state index in [-0.39, 0.29) is 12.1 Å². The van der Waals surface area contributed by atoms with Gasteiger partial charge < -0.3 is 24.3 Å². The van der Waals surface area contributed by atoms with E-state index in [1.54, 1.807) is 0 Å². The third-order valence-electron chi connectivity index (χ3n) is 8.01. The largest absolute Gasteiger partial charge is 0.466 e. The fourth-order valence-corrected chi connectivity index (χ4v) is 5.91. The first-order chi connectivity index (χ1) is 17.1. The number of nitrogens with zero attached hydrogens (tertiary/aromatic N) is 2. The molecule has 1 saturated carbocycles. The van der Waals surface area contributed by atoms with Gasteiger partial charge in [0.05, 0.1) is 13.0 Å². The van der Waals surface area contributed by atoms with Crippen molar-refractivity contribution in [1.82, 2.24) is 9.47 Å². The number of hydrogen-bond acceptors (Lipinski definition) is 5. The van der Waals surface area contributed by atoms with Gasteiger partial charge >= 0.3 is 12.1 Å². The fraction of sp³-hybridized carbons (Fsp3) is 0.655. The Morgan fingerprint density at radius 3 is 2.42 bits per heavy atom. The van der Waals surface area contributed by atoms with Gasteiger partial charge in [-0.05, 0) is 102 Å². The Labute approximate surface area is 215 Å². The van der Waals surface area contributed by atoms with Crippen molar-refractivity contribution >= 4 is 28.7 Å². The van der Waals surface area contributed by atoms with Gasteiger partial charge in [-0.25, -0.2) is 4.79 Å². The summed E-state index contributed by atoms with van der Waals surface area (Å²) >= 11 is 0. The molecule has 1 amide bonds. The number of anilines is 1. The van der Waals surface area contributed by atoms with Gasteiger partial charge in [0.25, 0.3) is 0 Å². The van der Waals surface area contributed by atoms with Crippen LogP contribution in [0.25, 0.3) is 10.9 Å². The van der Waals surface area contributed by atoms with Crippen LogP contribution in [0.3, 0.4) is 0 Å². The second-order valence-corrected chi connectivity index (χ2v) is 11.6. The summed E-state index contributed by atoms with van der Waals surface area (Å²) in [5, 5.41) is 4.66. The lowest BCUT2D eigenvalue weighted by Crippen LogP contribution is -2.46. The Bertz CT molecular complexity index is 1070. The Morgan fingerprint density at radius 1 is 1.08 bits per heavy atom. The average Bonchev–Trinajstić information content (AvgIpc) is 3.25. The lowest BCUT2D eigenvalue weighted by molar-refractivity contribution is -0.142. The number of esters is 1. The second kappa shape index (κ2) is 10.7. The Balaban J connectivity index is 1.34. The highest BCUT2D eigenvalue weighted by atomic mass is 16.6. The zero-order chi connectivity index (χ0) is 25.9. The van der Waals surface area contributed by atoms with Crippen molar-refractivity contribution < 1.29 is 19.1 Å². The van der Waals surface area contributed by atoms with Crippen LogP contribution >= 0.6 is 0 Å². The number of benzene rings is 1. The molecule has 0 radical (unpaired) electrons. The molecule has 0 atom stereocenters. The van der Waals surface area contributed by atoms with Crippen molar-refractivity contribution in [2.45, 2.75) is 91.2 Å². The molecule has 2 aromatic rings. The second-order valence-electron chi connectivity index (χ2n) is 11.6. The Morgan fingerprint density at radius 2 is 1.78 bits per heavy atom. The molecule has 2 heterocycles. The van der Waals surface area contributed by atoms with Crippen molar-refractivity contribution in [2.75, 3.05) is 31.6 Å². The number of likely N-dealkylation sites (tertiary alicyclic amines) is 1. The maximum Gasteiger partial charge on any atom is 0.410 e. The highest BCUT2D eigenvalue weighted by Gasteiger charge is 2.40. The zero-order valence-electron chi connectivity index (χ0n) is 22.7. The summed E-state index contributed by atoms with van der Waals surface area (Å²) < 4.78 is 13.1. The lowest BCUT2D eigenvalue weighted by atomic mass is 9.67. The molecule has 1 saturated heterocycles. The molecule has 1 aromatic carbocycles. The molecular weight excluding hydrogens is 454 g/mol. The van der Waals surface area contributed by atoms with E-state index >= 15 is 0 Å². The fourth-order valence-electron chi connectivity index (χ4n) is 5.91. The van der Waals surface area contributed by atoms with Crippen molar-refractivity contribution in [3.63, 3.8) is 0 Å². The monoisotopic (exact) mass is 497 g/mol. The van der Waals surface area contributed by atoms with Crippen LogP contribution in [-0.4, -0.2) is 53.4 Å². The van der Waals surface area contributed by atoms with Gasteiger partial charge in [0.15, 0.2) is 0 Å². The summed E-state index contributed by atoms with van der Waals surface area (Å²) in [7, 11) is 0. The quantitative estimate of drug-likeness (QED) is 0.465. The maximum atomic E-state index is 12.5. The number of piperidine rings is 1. The van der Waals surface area contributed by atoms with Gasteiger partial charge in [0.2, 0.25) is 0 Å². The van der Waals surface area contributed by atoms with Crippen LogP contribution in [0.2, 0.25) is 0 Å². The Hall–Kier alpha value is -2.70. The molecule has 1 aromatic heterocycles. The van der Waals surface area contributed by atoms with Crippen LogP contribution < -0.4 is 5.32 Å². The molecule has 7 nitrogen and oxygen atoms in total. The normalized spacial score (nSPS) is 18.4. The number of carbonyl (C=O) groups is 2. The minimum absolute atomic E-state index is 0.166. The first-order valence-electron chi connectivity index (χ1n) is 13.6. The van der Waals surface area contributed by atoms with Crippen LogP contribution in [0.15, 0.2) is 24.4 Å². The number of hydrogen-bond donors (Lipinski definition) is 1. The van der Waals surface area contributed by atoms with Crippen molar-refractivity contribution in [2.24, 2.45) is 5.41 Å². The molecule has 0 unspecified atom stereocenters. The van der Waals surface area contributed by atoms with E-state index in [0.29, 0.717) is 31.0 Å². The molecule has 2 aliphatic rings. The van der Waals surface area contributed by atoms with Gasteiger partial charge in [-0.2, -0.15) is 0 Å². The molecule has 198 valence electrons. The third kappa shape index (κ3) is 5.98. The van der Waals surface area contributed by atoms with Crippen LogP contribution in [-0.2, 0) is 14.3 Å². The summed E-state index contributed by atoms with van der Waals surface area (Å²) in [5.74, 6) is -0.166. The molecule has 1 aliphatic carbocycles. The standard InChI is InChI=1S/C29H43N3O4/c1-6-35-26(33)11-17-30-24-7-8-25-23(21(24)2)12-18-32(25)22-9-13-29(14-10-22)15-19-31(20-16-29)27(34)36-28(3,4)5/h7-8,12,18,22,30H,6,9-11,13-17,19-20H2,1-5H3. The number of nitrogens with one attached hydrogen (secondary N) is 1. The maximum absolute atomic E-state index is 12.5. The van der Waals surface area contributed by atoms with Gasteiger partial charge in [0.1, 0.15) is 5.60 Å². The first-order valence-corrected chi connectivity index (χ1v) is 13.6. The van der Waals surface area contributed by atoms with E-state index in [0.717, 1.165) is 31.6 Å². The first kappa shape index (κ1) is 26.4. The van der Waals surface area contributed by atoms with E-state index in [1.165, 1.54) is 42.1 Å². The van der Waals surface area contributed by atoms with Crippen molar-refractivity contribution in [3.8, 4) is 0 Å². The van der Waals surface area contributed by atoms with Crippen LogP contribution in [0.5, 0.6) is 0 Å². The highest BCUT2D eigenvalue weighted by Crippen LogP contribution is 2.48. The molecule has 1 N–H and O–H groups in total. The van der Waals surface area contributed by atoms with Crippen LogP contribution in [0.1, 0.15) is 84.2 Å². The number of ether oxygens (including phenoxy) is 2. The Kier molecular flexibility index (Phi) is 7.86. The summed E-state index contributed by atoms with van der Waals surface area (Å²) in [4.78, 5) is 26.0. The van der Waals surface area contributed by atoms with Gasteiger partial charge in [-0.1, -0.05) is 0 Å². The molecular formula is C29H43N3O4. The van der Waals surface area contributed by atoms with E-state index in [9.17, 15) is 9.59 Å². The summed E-state index contributed by atoms with van der Waals surface area (Å²) in [6.07, 6.45) is 9.37. The number of fused-ring (bicyclic) bond motifs is 1. The lowest BCUT2D eigenvalue weighted by Gasteiger charge is -2.46. The third-order valence-corrected chi connectivity index (χ3v) is 8.01. The minimum atomic E-state index is -0.443. The summed E-state index contributed by atoms with van der Waals surface area (Å²) in [5.41, 5.74) is 3.50. The average molecular weight is 498 g/mol. The topological polar surface area (TPSA) is 72.8 Å². The van der Waals surface area contributed by atoms with E-state index in [1.807, 2.05) is 32.6 Å². The van der Waals surface area contributed by atoms with Gasteiger partial charge in [0, 0.05) is 48.5 Å². The molecule has 1 aliphatic heterocycles. The van der Waals surface area contributed by atoms with Crippen LogP contribution in [0.4, 0.5) is 10.5 Å². The predicted molar refractivity (Wildman–Crippen MR) is 143 cm³/mol. The summed E-state index contributed by atoms with van der Waals surface area (Å²) in [6.45, 7) is 12.3. The van der Waals surface area contributed by atoms with Gasteiger partial charge in [-0.15, -0.1) is 0 Å². The van der Waals surface area contributed by atoms with Crippen molar-refractivity contribution in [3.05, 3.63) is 30.0 Å². The van der Waals surface area contributed by atoms with E-state index in [4.69, 9.17) is 9.47 Å². The smallest absolute Gasteiger partial charge is 0.410 e. The molecule has 0 bridgehead atoms. The number of aryl methyl sites for hydroxylation is 1. The highest BCUT2D eigenvalue weighted by molar-refractivity contribution is 5.88. The van der Waals surface area contributed by atoms with Crippen LogP contribution in [0, 0.1) is 12.3 Å². The molecule has 36 heavy (non-hydrogen) atoms. The molecule has 2 fully saturated rings. The number of amides is 1. The predicted octanol–water partition coefficient (Wildman–Crippen LogP) is 6.45. The minimum Gasteiger partial charge on any atom is -0.466 e. The SMILES string of the molecule is CCOC(=O)CCNc1ccc2c(ccn2C2CCC3(CC2)CCN(C(=O)OC(C)(C)C)CC3)c1C. The van der Waals surface area contributed by atoms with Crippen molar-refractivity contribution in [1.29, 1.82) is 0 Å². The van der Waals surface area contributed by atoms with E-state index < -0.39 is 5.60 Å². The number of carbonyl (C=O) groups excluding carboxylic acids is 2. The zero-order valence-corrected chi connectivity index (χ0v) is 22.7. The van der Waals surface area contributed by atoms with Gasteiger partial charge in [-0.3, -0.25) is 4.79 Å². The molecule has 1 spiro atoms. The molecule has 7 heteroatoms. The van der Waals surface area contributed by atoms with E-state index in [2.05, 4.69) is 41.2 Å². The molecule has 4 rings (SSSR count). The number of aromatic nitrogens is 1. The number of rotatable bonds is 6.